The largest absolute Gasteiger partial charge is 0.463 e. The van der Waals surface area contributed by atoms with Gasteiger partial charge in [-0.1, -0.05) is 84.9 Å². The monoisotopic (exact) mass is 512 g/mol. The number of nitrogens with zero attached hydrogens (tertiary/aromatic N) is 1. The van der Waals surface area contributed by atoms with Crippen LogP contribution in [0.1, 0.15) is 12.5 Å². The number of thiol groups is 1. The number of benzene rings is 3. The van der Waals surface area contributed by atoms with Crippen molar-refractivity contribution >= 4 is 24.2 Å². The summed E-state index contributed by atoms with van der Waals surface area (Å²) in [5.41, 5.74) is 11.6. The average Bonchev–Trinajstić information content (AvgIpc) is 2.96. The highest BCUT2D eigenvalue weighted by Gasteiger charge is 2.19. The Hall–Kier alpha value is -3.81. The normalized spacial score (nSPS) is 12.4. The maximum atomic E-state index is 13.0. The summed E-state index contributed by atoms with van der Waals surface area (Å²) >= 11 is 4.25. The molecule has 4 aromatic rings. The first-order chi connectivity index (χ1) is 18.0. The van der Waals surface area contributed by atoms with E-state index in [1.807, 2.05) is 78.9 Å². The molecule has 0 fully saturated rings. The Morgan fingerprint density at radius 3 is 2.27 bits per heavy atom. The van der Waals surface area contributed by atoms with Crippen LogP contribution in [0.4, 0.5) is 5.69 Å². The van der Waals surface area contributed by atoms with E-state index in [0.717, 1.165) is 27.9 Å². The number of anilines is 1. The Labute approximate surface area is 223 Å². The Morgan fingerprint density at radius 1 is 0.919 bits per heavy atom. The maximum Gasteiger partial charge on any atom is 0.261 e. The van der Waals surface area contributed by atoms with Gasteiger partial charge in [-0.15, -0.1) is 0 Å². The van der Waals surface area contributed by atoms with Gasteiger partial charge < -0.3 is 21.1 Å². The number of amides is 1. The standard InChI is InChI=1S/C30H32N4O2S/c1-21(29(35)33-18-24-14-8-9-15-26(24)22-10-4-2-5-11-22)36-30-28(32-19-25(31)20-37)17-16-27(34-30)23-12-6-3-7-13-23/h2-17,21,25,32,37H,18-20,31H2,1H3,(H,33,35). The van der Waals surface area contributed by atoms with Crippen molar-refractivity contribution < 1.29 is 9.53 Å². The van der Waals surface area contributed by atoms with Gasteiger partial charge in [0.1, 0.15) is 0 Å². The van der Waals surface area contributed by atoms with Crippen molar-refractivity contribution in [3.63, 3.8) is 0 Å². The van der Waals surface area contributed by atoms with Crippen molar-refractivity contribution in [3.8, 4) is 28.3 Å². The van der Waals surface area contributed by atoms with E-state index in [1.165, 1.54) is 0 Å². The molecule has 0 saturated heterocycles. The van der Waals surface area contributed by atoms with Gasteiger partial charge in [0.05, 0.1) is 11.4 Å². The summed E-state index contributed by atoms with van der Waals surface area (Å²) in [5, 5.41) is 6.29. The lowest BCUT2D eigenvalue weighted by Gasteiger charge is -2.19. The summed E-state index contributed by atoms with van der Waals surface area (Å²) in [6.07, 6.45) is -0.762. The minimum absolute atomic E-state index is 0.129. The number of hydrogen-bond acceptors (Lipinski definition) is 6. The number of carbonyl (C=O) groups excluding carboxylic acids is 1. The Morgan fingerprint density at radius 2 is 1.57 bits per heavy atom. The van der Waals surface area contributed by atoms with Crippen LogP contribution < -0.4 is 21.1 Å². The Bertz CT molecular complexity index is 1300. The first kappa shape index (κ1) is 26.3. The van der Waals surface area contributed by atoms with E-state index >= 15 is 0 Å². The van der Waals surface area contributed by atoms with Crippen LogP contribution in [-0.4, -0.2) is 35.3 Å². The molecular formula is C30H32N4O2S. The van der Waals surface area contributed by atoms with Crippen LogP contribution in [0.25, 0.3) is 22.4 Å². The van der Waals surface area contributed by atoms with E-state index in [4.69, 9.17) is 15.5 Å². The quantitative estimate of drug-likeness (QED) is 0.208. The number of carbonyl (C=O) groups is 1. The predicted molar refractivity (Wildman–Crippen MR) is 154 cm³/mol. The fourth-order valence-electron chi connectivity index (χ4n) is 3.86. The third-order valence-corrected chi connectivity index (χ3v) is 6.40. The first-order valence-electron chi connectivity index (χ1n) is 12.3. The van der Waals surface area contributed by atoms with Gasteiger partial charge in [-0.05, 0) is 35.7 Å². The molecule has 0 aliphatic rings. The maximum absolute atomic E-state index is 13.0. The van der Waals surface area contributed by atoms with Gasteiger partial charge in [-0.2, -0.15) is 12.6 Å². The molecule has 0 spiro atoms. The van der Waals surface area contributed by atoms with Gasteiger partial charge in [-0.25, -0.2) is 4.98 Å². The molecule has 1 amide bonds. The molecular weight excluding hydrogens is 480 g/mol. The van der Waals surface area contributed by atoms with E-state index in [9.17, 15) is 4.79 Å². The fourth-order valence-corrected chi connectivity index (χ4v) is 3.99. The molecule has 4 N–H and O–H groups in total. The molecule has 190 valence electrons. The van der Waals surface area contributed by atoms with Crippen LogP contribution >= 0.6 is 12.6 Å². The second-order valence-corrected chi connectivity index (χ2v) is 9.10. The van der Waals surface area contributed by atoms with Crippen LogP contribution in [0.15, 0.2) is 97.1 Å². The zero-order valence-corrected chi connectivity index (χ0v) is 21.7. The van der Waals surface area contributed by atoms with Crippen LogP contribution in [0.5, 0.6) is 5.88 Å². The third kappa shape index (κ3) is 7.12. The highest BCUT2D eigenvalue weighted by molar-refractivity contribution is 7.80. The van der Waals surface area contributed by atoms with Crippen LogP contribution in [0, 0.1) is 0 Å². The smallest absolute Gasteiger partial charge is 0.261 e. The number of pyridine rings is 1. The zero-order chi connectivity index (χ0) is 26.0. The van der Waals surface area contributed by atoms with Crippen LogP contribution in [0.3, 0.4) is 0 Å². The summed E-state index contributed by atoms with van der Waals surface area (Å²) in [5.74, 6) is 0.662. The topological polar surface area (TPSA) is 89.3 Å². The first-order valence-corrected chi connectivity index (χ1v) is 12.9. The summed E-state index contributed by atoms with van der Waals surface area (Å²) < 4.78 is 6.09. The molecule has 6 nitrogen and oxygen atoms in total. The molecule has 2 atom stereocenters. The Kier molecular flexibility index (Phi) is 9.18. The highest BCUT2D eigenvalue weighted by Crippen LogP contribution is 2.28. The number of nitrogens with two attached hydrogens (primary N) is 1. The molecule has 4 rings (SSSR count). The molecule has 7 heteroatoms. The molecule has 0 aliphatic carbocycles. The summed E-state index contributed by atoms with van der Waals surface area (Å²) in [4.78, 5) is 17.7. The van der Waals surface area contributed by atoms with Gasteiger partial charge >= 0.3 is 0 Å². The molecule has 0 radical (unpaired) electrons. The SMILES string of the molecule is CC(Oc1nc(-c2ccccc2)ccc1NCC(N)CS)C(=O)NCc1ccccc1-c1ccccc1. The molecule has 2 unspecified atom stereocenters. The van der Waals surface area contributed by atoms with Crippen molar-refractivity contribution in [2.24, 2.45) is 5.73 Å². The lowest BCUT2D eigenvalue weighted by Crippen LogP contribution is -2.36. The molecule has 0 bridgehead atoms. The molecule has 37 heavy (non-hydrogen) atoms. The summed E-state index contributed by atoms with van der Waals surface area (Å²) in [6, 6.07) is 31.7. The summed E-state index contributed by atoms with van der Waals surface area (Å²) in [6.45, 7) is 2.61. The number of nitrogens with one attached hydrogen (secondary N) is 2. The molecule has 0 saturated carbocycles. The van der Waals surface area contributed by atoms with Crippen molar-refractivity contribution in [1.29, 1.82) is 0 Å². The average molecular weight is 513 g/mol. The lowest BCUT2D eigenvalue weighted by atomic mass is 10.00. The Balaban J connectivity index is 1.48. The van der Waals surface area contributed by atoms with Gasteiger partial charge in [0, 0.05) is 30.4 Å². The molecule has 1 heterocycles. The van der Waals surface area contributed by atoms with Gasteiger partial charge in [0.25, 0.3) is 5.91 Å². The summed E-state index contributed by atoms with van der Waals surface area (Å²) in [7, 11) is 0. The van der Waals surface area contributed by atoms with Gasteiger partial charge in [-0.3, -0.25) is 4.79 Å². The van der Waals surface area contributed by atoms with Crippen LogP contribution in [-0.2, 0) is 11.3 Å². The molecule has 1 aromatic heterocycles. The van der Waals surface area contributed by atoms with Crippen LogP contribution in [0.2, 0.25) is 0 Å². The van der Waals surface area contributed by atoms with Crippen molar-refractivity contribution in [2.45, 2.75) is 25.6 Å². The number of ether oxygens (including phenoxy) is 1. The second-order valence-electron chi connectivity index (χ2n) is 8.74. The molecule has 3 aromatic carbocycles. The highest BCUT2D eigenvalue weighted by atomic mass is 32.1. The minimum atomic E-state index is -0.762. The number of rotatable bonds is 11. The van der Waals surface area contributed by atoms with E-state index in [0.29, 0.717) is 30.4 Å². The van der Waals surface area contributed by atoms with E-state index in [1.54, 1.807) is 6.92 Å². The van der Waals surface area contributed by atoms with E-state index in [2.05, 4.69) is 41.5 Å². The van der Waals surface area contributed by atoms with Crippen molar-refractivity contribution in [3.05, 3.63) is 103 Å². The predicted octanol–water partition coefficient (Wildman–Crippen LogP) is 5.17. The zero-order valence-electron chi connectivity index (χ0n) is 20.8. The number of aromatic nitrogens is 1. The fraction of sp³-hybridized carbons (Fsp3) is 0.200. The van der Waals surface area contributed by atoms with Gasteiger partial charge in [0.2, 0.25) is 5.88 Å². The number of hydrogen-bond donors (Lipinski definition) is 4. The third-order valence-electron chi connectivity index (χ3n) is 5.93. The lowest BCUT2D eigenvalue weighted by molar-refractivity contribution is -0.127. The van der Waals surface area contributed by atoms with Crippen molar-refractivity contribution in [1.82, 2.24) is 10.3 Å². The van der Waals surface area contributed by atoms with Gasteiger partial charge in [0.15, 0.2) is 6.10 Å². The van der Waals surface area contributed by atoms with E-state index < -0.39 is 6.10 Å². The van der Waals surface area contributed by atoms with Crippen molar-refractivity contribution in [2.75, 3.05) is 17.6 Å². The minimum Gasteiger partial charge on any atom is -0.463 e. The van der Waals surface area contributed by atoms with E-state index in [-0.39, 0.29) is 11.9 Å². The second kappa shape index (κ2) is 12.9. The molecule has 0 aliphatic heterocycles.